The first-order chi connectivity index (χ1) is 25.1. The van der Waals surface area contributed by atoms with E-state index in [-0.39, 0.29) is 52.8 Å². The molecule has 2 unspecified atom stereocenters. The van der Waals surface area contributed by atoms with Crippen molar-refractivity contribution in [2.24, 2.45) is 0 Å². The van der Waals surface area contributed by atoms with Gasteiger partial charge in [-0.15, -0.1) is 0 Å². The van der Waals surface area contributed by atoms with E-state index in [4.69, 9.17) is 29.0 Å². The van der Waals surface area contributed by atoms with Crippen molar-refractivity contribution in [2.45, 2.75) is 37.4 Å². The molecule has 0 radical (unpaired) electrons. The number of H-pyrrole nitrogens is 1. The number of fused-ring (bicyclic) bond motifs is 1. The van der Waals surface area contributed by atoms with Gasteiger partial charge in [-0.2, -0.15) is 9.29 Å². The van der Waals surface area contributed by atoms with Crippen molar-refractivity contribution in [1.29, 1.82) is 0 Å². The highest BCUT2D eigenvalue weighted by molar-refractivity contribution is 7.61. The molecule has 0 aliphatic carbocycles. The average molecular weight is 784 g/mol. The van der Waals surface area contributed by atoms with Crippen molar-refractivity contribution in [3.05, 3.63) is 64.7 Å². The Labute approximate surface area is 299 Å². The number of carbonyl (C=O) groups is 2. The molecule has 6 atom stereocenters. The molecule has 9 N–H and O–H groups in total. The Morgan fingerprint density at radius 3 is 2.30 bits per heavy atom. The van der Waals surface area contributed by atoms with Gasteiger partial charge >= 0.3 is 15.6 Å². The van der Waals surface area contributed by atoms with Crippen molar-refractivity contribution in [3.8, 4) is 11.5 Å². The standard InChI is InChI=1S/C29H35N7O15P2/c1-46-18-12-17(33-26(40)15-7-4-3-5-8-15)19(47-2)11-16(18)32-21(37)9-6-10-48-52(42,43)51-53(44,45)49-13-20-23(38)24(39)28(50-20)36-14-31-22-25(36)34-29(30)35-27(22)41/h3-5,7-8,11-12,14,20,23-24,28,38-39H,6,9-10,13H2,1-2H3,(H,32,37)(H,33,40)(H,42,43)(H,44,45)(H3,30,34,35,41)/t20-,23-,24-,28-/m1/s1. The van der Waals surface area contributed by atoms with Crippen LogP contribution in [-0.4, -0.2) is 97.1 Å². The molecule has 2 aromatic heterocycles. The molecular weight excluding hydrogens is 748 g/mol. The summed E-state index contributed by atoms with van der Waals surface area (Å²) in [4.78, 5) is 67.5. The molecule has 1 saturated heterocycles. The van der Waals surface area contributed by atoms with Crippen LogP contribution in [0.5, 0.6) is 11.5 Å². The van der Waals surface area contributed by atoms with Crippen LogP contribution in [0, 0.1) is 0 Å². The molecule has 0 saturated carbocycles. The number of rotatable bonds is 16. The summed E-state index contributed by atoms with van der Waals surface area (Å²) in [5.41, 5.74) is 5.53. The minimum absolute atomic E-state index is 0.0869. The molecule has 0 spiro atoms. The van der Waals surface area contributed by atoms with Gasteiger partial charge in [-0.1, -0.05) is 18.2 Å². The second-order valence-corrected chi connectivity index (χ2v) is 14.2. The SMILES string of the molecule is COc1cc(NC(=O)c2ccccc2)c(OC)cc1NC(=O)CCCOP(=O)(O)OP(=O)(O)OC[C@H]1O[C@@H](n2cnc3c(=O)[nH]c(N)nc32)[C@H](O)[C@@H]1O. The smallest absolute Gasteiger partial charge is 0.481 e. The monoisotopic (exact) mass is 783 g/mol. The Bertz CT molecular complexity index is 2110. The molecular formula is C29H35N7O15P2. The topological polar surface area (TPSA) is 318 Å². The number of nitrogens with zero attached hydrogens (tertiary/aromatic N) is 3. The van der Waals surface area contributed by atoms with Gasteiger partial charge in [-0.25, -0.2) is 14.1 Å². The number of phosphoric ester groups is 2. The van der Waals surface area contributed by atoms with Crippen LogP contribution in [0.2, 0.25) is 0 Å². The zero-order chi connectivity index (χ0) is 38.5. The molecule has 286 valence electrons. The molecule has 53 heavy (non-hydrogen) atoms. The number of hydrogen-bond acceptors (Lipinski definition) is 16. The van der Waals surface area contributed by atoms with E-state index in [1.54, 1.807) is 30.3 Å². The zero-order valence-corrected chi connectivity index (χ0v) is 29.6. The number of ether oxygens (including phenoxy) is 3. The molecule has 22 nitrogen and oxygen atoms in total. The number of amides is 2. The van der Waals surface area contributed by atoms with Crippen molar-refractivity contribution in [1.82, 2.24) is 19.5 Å². The number of nitrogens with two attached hydrogens (primary N) is 1. The average Bonchev–Trinajstić information content (AvgIpc) is 3.65. The van der Waals surface area contributed by atoms with E-state index in [0.29, 0.717) is 5.56 Å². The number of aliphatic hydroxyl groups is 2. The van der Waals surface area contributed by atoms with Crippen LogP contribution < -0.4 is 31.4 Å². The van der Waals surface area contributed by atoms with Crippen molar-refractivity contribution < 1.29 is 66.3 Å². The number of nitrogen functional groups attached to an aromatic ring is 1. The number of aliphatic hydroxyl groups excluding tert-OH is 2. The minimum Gasteiger partial charge on any atom is -0.494 e. The number of aromatic amines is 1. The lowest BCUT2D eigenvalue weighted by Crippen LogP contribution is -2.33. The number of hydrogen-bond donors (Lipinski definition) is 8. The molecule has 3 heterocycles. The maximum Gasteiger partial charge on any atom is 0.481 e. The highest BCUT2D eigenvalue weighted by Crippen LogP contribution is 2.60. The third-order valence-electron chi connectivity index (χ3n) is 7.55. The summed E-state index contributed by atoms with van der Waals surface area (Å²) in [5, 5.41) is 26.3. The van der Waals surface area contributed by atoms with E-state index >= 15 is 0 Å². The maximum absolute atomic E-state index is 12.7. The number of nitrogens with one attached hydrogen (secondary N) is 3. The van der Waals surface area contributed by atoms with Gasteiger partial charge in [-0.3, -0.25) is 33.0 Å². The van der Waals surface area contributed by atoms with Gasteiger partial charge in [-0.05, 0) is 18.6 Å². The highest BCUT2D eigenvalue weighted by Gasteiger charge is 2.46. The molecule has 5 rings (SSSR count). The van der Waals surface area contributed by atoms with Crippen LogP contribution in [0.1, 0.15) is 29.4 Å². The first-order valence-corrected chi connectivity index (χ1v) is 18.4. The molecule has 2 amide bonds. The fraction of sp³-hybridized carbons (Fsp3) is 0.345. The lowest BCUT2D eigenvalue weighted by Gasteiger charge is -2.19. The fourth-order valence-electron chi connectivity index (χ4n) is 5.07. The normalized spacial score (nSPS) is 20.7. The third-order valence-corrected chi connectivity index (χ3v) is 10.2. The van der Waals surface area contributed by atoms with E-state index in [1.807, 2.05) is 0 Å². The van der Waals surface area contributed by atoms with E-state index in [9.17, 15) is 43.5 Å². The van der Waals surface area contributed by atoms with Crippen molar-refractivity contribution >= 4 is 55.9 Å². The number of carbonyl (C=O) groups excluding carboxylic acids is 2. The lowest BCUT2D eigenvalue weighted by molar-refractivity contribution is -0.116. The Balaban J connectivity index is 1.09. The molecule has 0 bridgehead atoms. The first kappa shape index (κ1) is 39.5. The summed E-state index contributed by atoms with van der Waals surface area (Å²) in [6, 6.07) is 11.3. The maximum atomic E-state index is 12.7. The summed E-state index contributed by atoms with van der Waals surface area (Å²) in [7, 11) is -7.87. The summed E-state index contributed by atoms with van der Waals surface area (Å²) in [6.45, 7) is -1.50. The summed E-state index contributed by atoms with van der Waals surface area (Å²) >= 11 is 0. The van der Waals surface area contributed by atoms with Gasteiger partial charge < -0.3 is 50.6 Å². The quantitative estimate of drug-likeness (QED) is 0.0586. The molecule has 1 fully saturated rings. The van der Waals surface area contributed by atoms with Crippen molar-refractivity contribution in [3.63, 3.8) is 0 Å². The zero-order valence-electron chi connectivity index (χ0n) is 27.8. The van der Waals surface area contributed by atoms with Gasteiger partial charge in [0.15, 0.2) is 17.4 Å². The molecule has 4 aromatic rings. The highest BCUT2D eigenvalue weighted by atomic mass is 31.3. The molecule has 2 aromatic carbocycles. The molecule has 1 aliphatic rings. The number of anilines is 3. The summed E-state index contributed by atoms with van der Waals surface area (Å²) in [6.07, 6.45) is -5.56. The van der Waals surface area contributed by atoms with Gasteiger partial charge in [0.25, 0.3) is 11.5 Å². The lowest BCUT2D eigenvalue weighted by atomic mass is 10.1. The Morgan fingerprint density at radius 1 is 1.00 bits per heavy atom. The van der Waals surface area contributed by atoms with E-state index < -0.39 is 70.8 Å². The third kappa shape index (κ3) is 9.64. The number of methoxy groups -OCH3 is 2. The van der Waals surface area contributed by atoms with Crippen LogP contribution in [0.15, 0.2) is 53.6 Å². The van der Waals surface area contributed by atoms with Crippen LogP contribution in [0.4, 0.5) is 17.3 Å². The minimum atomic E-state index is -5.34. The van der Waals surface area contributed by atoms with Crippen LogP contribution >= 0.6 is 15.6 Å². The second-order valence-electron chi connectivity index (χ2n) is 11.2. The first-order valence-electron chi connectivity index (χ1n) is 15.4. The summed E-state index contributed by atoms with van der Waals surface area (Å²) in [5.74, 6) is -0.853. The second kappa shape index (κ2) is 16.5. The molecule has 1 aliphatic heterocycles. The Kier molecular flexibility index (Phi) is 12.3. The number of aromatic nitrogens is 4. The van der Waals surface area contributed by atoms with Crippen LogP contribution in [0.3, 0.4) is 0 Å². The predicted molar refractivity (Wildman–Crippen MR) is 183 cm³/mol. The van der Waals surface area contributed by atoms with Crippen molar-refractivity contribution in [2.75, 3.05) is 43.8 Å². The summed E-state index contributed by atoms with van der Waals surface area (Å²) < 4.78 is 55.9. The number of phosphoric acid groups is 2. The van der Waals surface area contributed by atoms with Gasteiger partial charge in [0.1, 0.15) is 29.8 Å². The molecule has 24 heteroatoms. The van der Waals surface area contributed by atoms with Gasteiger partial charge in [0.2, 0.25) is 11.9 Å². The van der Waals surface area contributed by atoms with E-state index in [0.717, 1.165) is 10.9 Å². The van der Waals surface area contributed by atoms with E-state index in [1.165, 1.54) is 26.4 Å². The largest absolute Gasteiger partial charge is 0.494 e. The van der Waals surface area contributed by atoms with E-state index in [2.05, 4.69) is 29.9 Å². The van der Waals surface area contributed by atoms with Crippen LogP contribution in [-0.2, 0) is 32.0 Å². The van der Waals surface area contributed by atoms with Gasteiger partial charge in [0.05, 0.1) is 45.1 Å². The number of benzene rings is 2. The van der Waals surface area contributed by atoms with Gasteiger partial charge in [0, 0.05) is 24.1 Å². The fourth-order valence-corrected chi connectivity index (χ4v) is 7.19. The van der Waals surface area contributed by atoms with Crippen LogP contribution in [0.25, 0.3) is 11.2 Å². The Hall–Kier alpha value is -4.73. The predicted octanol–water partition coefficient (Wildman–Crippen LogP) is 1.26. The Morgan fingerprint density at radius 2 is 1.64 bits per heavy atom. The number of imidazole rings is 1.